The van der Waals surface area contributed by atoms with E-state index in [1.54, 1.807) is 35.6 Å². The number of ether oxygens (including phenoxy) is 1. The third kappa shape index (κ3) is 4.17. The molecule has 1 heterocycles. The monoisotopic (exact) mass is 280 g/mol. The van der Waals surface area contributed by atoms with Gasteiger partial charge >= 0.3 is 0 Å². The van der Waals surface area contributed by atoms with Crippen molar-refractivity contribution in [3.63, 3.8) is 0 Å². The zero-order valence-electron chi connectivity index (χ0n) is 9.77. The average Bonchev–Trinajstić information content (AvgIpc) is 2.87. The number of hydrogen-bond acceptors (Lipinski definition) is 3. The Bertz CT molecular complexity index is 508. The maximum absolute atomic E-state index is 11.6. The molecule has 0 atom stereocenters. The van der Waals surface area contributed by atoms with Crippen LogP contribution < -0.4 is 4.74 Å². The van der Waals surface area contributed by atoms with Gasteiger partial charge in [-0.15, -0.1) is 0 Å². The lowest BCUT2D eigenvalue weighted by molar-refractivity contribution is -0.121. The summed E-state index contributed by atoms with van der Waals surface area (Å²) in [5.74, 6) is 0.729. The molecule has 0 aliphatic rings. The minimum absolute atomic E-state index is 0.0983. The van der Waals surface area contributed by atoms with E-state index in [1.807, 2.05) is 11.4 Å². The van der Waals surface area contributed by atoms with Crippen molar-refractivity contribution < 1.29 is 9.53 Å². The molecule has 1 aromatic heterocycles. The van der Waals surface area contributed by atoms with E-state index in [1.165, 1.54) is 5.56 Å². The third-order valence-corrected chi connectivity index (χ3v) is 3.44. The largest absolute Gasteiger partial charge is 0.486 e. The molecule has 94 valence electrons. The fraction of sp³-hybridized carbons (Fsp3) is 0.214. The average molecular weight is 281 g/mol. The van der Waals surface area contributed by atoms with Crippen molar-refractivity contribution in [3.05, 3.63) is 51.7 Å². The molecule has 0 radical (unpaired) electrons. The highest BCUT2D eigenvalue weighted by molar-refractivity contribution is 7.07. The summed E-state index contributed by atoms with van der Waals surface area (Å²) < 4.78 is 5.39. The molecule has 0 bridgehead atoms. The number of thiophene rings is 1. The number of aryl methyl sites for hydroxylation is 1. The summed E-state index contributed by atoms with van der Waals surface area (Å²) in [4.78, 5) is 11.6. The Morgan fingerprint density at radius 2 is 2.22 bits per heavy atom. The number of ketones is 1. The van der Waals surface area contributed by atoms with Crippen LogP contribution in [0.2, 0.25) is 5.02 Å². The first-order chi connectivity index (χ1) is 8.74. The highest BCUT2D eigenvalue weighted by atomic mass is 35.5. The van der Waals surface area contributed by atoms with Crippen LogP contribution in [0.25, 0.3) is 0 Å². The standard InChI is InChI=1S/C14H13ClO2S/c15-12-2-1-3-14(8-12)17-9-13(16)5-4-11-6-7-18-10-11/h1-3,6-8,10H,4-5,9H2. The van der Waals surface area contributed by atoms with E-state index < -0.39 is 0 Å². The van der Waals surface area contributed by atoms with Crippen LogP contribution in [0.15, 0.2) is 41.1 Å². The van der Waals surface area contributed by atoms with Crippen LogP contribution in [0.5, 0.6) is 5.75 Å². The van der Waals surface area contributed by atoms with Crippen molar-refractivity contribution in [2.24, 2.45) is 0 Å². The van der Waals surface area contributed by atoms with Crippen LogP contribution >= 0.6 is 22.9 Å². The molecule has 18 heavy (non-hydrogen) atoms. The van der Waals surface area contributed by atoms with E-state index in [9.17, 15) is 4.79 Å². The topological polar surface area (TPSA) is 26.3 Å². The first-order valence-electron chi connectivity index (χ1n) is 5.65. The van der Waals surface area contributed by atoms with Crippen molar-refractivity contribution in [3.8, 4) is 5.75 Å². The minimum Gasteiger partial charge on any atom is -0.486 e. The summed E-state index contributed by atoms with van der Waals surface area (Å²) in [5.41, 5.74) is 1.20. The quantitative estimate of drug-likeness (QED) is 0.800. The van der Waals surface area contributed by atoms with Gasteiger partial charge in [-0.2, -0.15) is 11.3 Å². The second kappa shape index (κ2) is 6.57. The Labute approximate surface area is 115 Å². The highest BCUT2D eigenvalue weighted by Gasteiger charge is 2.04. The van der Waals surface area contributed by atoms with Gasteiger partial charge in [-0.3, -0.25) is 4.79 Å². The molecule has 0 saturated heterocycles. The van der Waals surface area contributed by atoms with E-state index in [0.717, 1.165) is 6.42 Å². The van der Waals surface area contributed by atoms with Crippen LogP contribution in [0.4, 0.5) is 0 Å². The molecule has 2 nitrogen and oxygen atoms in total. The summed E-state index contributed by atoms with van der Waals surface area (Å²) in [6.07, 6.45) is 1.29. The van der Waals surface area contributed by atoms with Gasteiger partial charge in [0.25, 0.3) is 0 Å². The van der Waals surface area contributed by atoms with Gasteiger partial charge in [0.15, 0.2) is 5.78 Å². The summed E-state index contributed by atoms with van der Waals surface area (Å²) >= 11 is 7.47. The van der Waals surface area contributed by atoms with Gasteiger partial charge in [-0.25, -0.2) is 0 Å². The van der Waals surface area contributed by atoms with E-state index in [2.05, 4.69) is 5.38 Å². The molecule has 2 aromatic rings. The molecular formula is C14H13ClO2S. The minimum atomic E-state index is 0.0983. The van der Waals surface area contributed by atoms with Crippen LogP contribution in [0.3, 0.4) is 0 Å². The number of benzene rings is 1. The second-order valence-corrected chi connectivity index (χ2v) is 5.13. The number of carbonyl (C=O) groups excluding carboxylic acids is 1. The molecule has 1 aromatic carbocycles. The number of halogens is 1. The number of hydrogen-bond donors (Lipinski definition) is 0. The normalized spacial score (nSPS) is 10.3. The zero-order chi connectivity index (χ0) is 12.8. The molecule has 0 spiro atoms. The molecule has 0 aliphatic heterocycles. The van der Waals surface area contributed by atoms with Crippen molar-refractivity contribution in [2.75, 3.05) is 6.61 Å². The summed E-state index contributed by atoms with van der Waals surface area (Å²) in [6.45, 7) is 0.102. The van der Waals surface area contributed by atoms with E-state index in [4.69, 9.17) is 16.3 Å². The molecular weight excluding hydrogens is 268 g/mol. The zero-order valence-corrected chi connectivity index (χ0v) is 11.3. The molecule has 4 heteroatoms. The third-order valence-electron chi connectivity index (χ3n) is 2.47. The summed E-state index contributed by atoms with van der Waals surface area (Å²) in [6, 6.07) is 9.10. The van der Waals surface area contributed by atoms with Crippen molar-refractivity contribution in [2.45, 2.75) is 12.8 Å². The van der Waals surface area contributed by atoms with Crippen molar-refractivity contribution in [1.82, 2.24) is 0 Å². The number of Topliss-reactive ketones (excluding diaryl/α,β-unsaturated/α-hetero) is 1. The SMILES string of the molecule is O=C(CCc1ccsc1)COc1cccc(Cl)c1. The summed E-state index contributed by atoms with van der Waals surface area (Å²) in [5, 5.41) is 4.69. The van der Waals surface area contributed by atoms with E-state index in [-0.39, 0.29) is 12.4 Å². The lowest BCUT2D eigenvalue weighted by Gasteiger charge is -2.05. The van der Waals surface area contributed by atoms with Gasteiger partial charge in [0.1, 0.15) is 12.4 Å². The molecule has 0 saturated carbocycles. The Morgan fingerprint density at radius 1 is 1.33 bits per heavy atom. The number of rotatable bonds is 6. The van der Waals surface area contributed by atoms with Crippen LogP contribution in [0, 0.1) is 0 Å². The highest BCUT2D eigenvalue weighted by Crippen LogP contribution is 2.17. The maximum Gasteiger partial charge on any atom is 0.170 e. The lowest BCUT2D eigenvalue weighted by Crippen LogP contribution is -2.11. The molecule has 0 fully saturated rings. The lowest BCUT2D eigenvalue weighted by atomic mass is 10.1. The number of carbonyl (C=O) groups is 1. The molecule has 0 amide bonds. The van der Waals surface area contributed by atoms with Gasteiger partial charge in [0.05, 0.1) is 0 Å². The first-order valence-corrected chi connectivity index (χ1v) is 6.97. The van der Waals surface area contributed by atoms with E-state index in [0.29, 0.717) is 17.2 Å². The molecule has 0 aliphatic carbocycles. The fourth-order valence-corrected chi connectivity index (χ4v) is 2.39. The fourth-order valence-electron chi connectivity index (χ4n) is 1.51. The second-order valence-electron chi connectivity index (χ2n) is 3.92. The van der Waals surface area contributed by atoms with Crippen LogP contribution in [0.1, 0.15) is 12.0 Å². The Hall–Kier alpha value is -1.32. The van der Waals surface area contributed by atoms with Gasteiger partial charge in [0, 0.05) is 11.4 Å². The molecule has 2 rings (SSSR count). The smallest absolute Gasteiger partial charge is 0.170 e. The molecule has 0 N–H and O–H groups in total. The van der Waals surface area contributed by atoms with Crippen molar-refractivity contribution in [1.29, 1.82) is 0 Å². The van der Waals surface area contributed by atoms with E-state index >= 15 is 0 Å². The maximum atomic E-state index is 11.6. The van der Waals surface area contributed by atoms with Gasteiger partial charge in [0.2, 0.25) is 0 Å². The predicted molar refractivity (Wildman–Crippen MR) is 74.6 cm³/mol. The Kier molecular flexibility index (Phi) is 4.79. The Balaban J connectivity index is 1.75. The Morgan fingerprint density at radius 3 is 2.94 bits per heavy atom. The van der Waals surface area contributed by atoms with Crippen LogP contribution in [-0.2, 0) is 11.2 Å². The van der Waals surface area contributed by atoms with Gasteiger partial charge < -0.3 is 4.74 Å². The van der Waals surface area contributed by atoms with Gasteiger partial charge in [-0.05, 0) is 47.0 Å². The van der Waals surface area contributed by atoms with Crippen LogP contribution in [-0.4, -0.2) is 12.4 Å². The van der Waals surface area contributed by atoms with Crippen molar-refractivity contribution >= 4 is 28.7 Å². The summed E-state index contributed by atoms with van der Waals surface area (Å²) in [7, 11) is 0. The van der Waals surface area contributed by atoms with Gasteiger partial charge in [-0.1, -0.05) is 17.7 Å². The first kappa shape index (κ1) is 13.1. The predicted octanol–water partition coefficient (Wildman–Crippen LogP) is 3.98. The molecule has 0 unspecified atom stereocenters.